The number of hydrogen-bond acceptors (Lipinski definition) is 6. The normalized spacial score (nSPS) is 20.1. The van der Waals surface area contributed by atoms with Gasteiger partial charge in [-0.15, -0.1) is 11.3 Å². The van der Waals surface area contributed by atoms with Gasteiger partial charge in [-0.2, -0.15) is 0 Å². The molecule has 1 aliphatic heterocycles. The fourth-order valence-electron chi connectivity index (χ4n) is 4.15. The smallest absolute Gasteiger partial charge is 0.330 e. The van der Waals surface area contributed by atoms with Gasteiger partial charge in [-0.25, -0.2) is 9.78 Å². The van der Waals surface area contributed by atoms with Gasteiger partial charge in [0.05, 0.1) is 16.8 Å². The van der Waals surface area contributed by atoms with E-state index < -0.39 is 0 Å². The van der Waals surface area contributed by atoms with Crippen molar-refractivity contribution in [3.63, 3.8) is 0 Å². The van der Waals surface area contributed by atoms with Crippen LogP contribution in [0.5, 0.6) is 0 Å². The molecule has 2 aliphatic rings. The van der Waals surface area contributed by atoms with Crippen LogP contribution in [-0.4, -0.2) is 41.1 Å². The molecule has 9 nitrogen and oxygen atoms in total. The van der Waals surface area contributed by atoms with Gasteiger partial charge in [0.15, 0.2) is 0 Å². The van der Waals surface area contributed by atoms with Crippen LogP contribution in [0.3, 0.4) is 0 Å². The van der Waals surface area contributed by atoms with Crippen molar-refractivity contribution in [3.05, 3.63) is 54.3 Å². The average molecular weight is 465 g/mol. The minimum atomic E-state index is -0.387. The highest BCUT2D eigenvalue weighted by molar-refractivity contribution is 7.21. The molecule has 2 atom stereocenters. The maximum atomic E-state index is 13.2. The molecule has 0 radical (unpaired) electrons. The first-order valence-electron chi connectivity index (χ1n) is 10.5. The number of aliphatic imine (C=N–C) groups is 1. The van der Waals surface area contributed by atoms with Crippen molar-refractivity contribution >= 4 is 57.0 Å². The number of carbonyl (C=O) groups is 3. The number of aromatic nitrogens is 1. The molecule has 4 amide bonds. The Bertz CT molecular complexity index is 1210. The second kappa shape index (κ2) is 9.37. The van der Waals surface area contributed by atoms with Gasteiger partial charge in [0, 0.05) is 36.4 Å². The molecule has 3 N–H and O–H groups in total. The summed E-state index contributed by atoms with van der Waals surface area (Å²) < 4.78 is 0. The number of anilines is 2. The Morgan fingerprint density at radius 3 is 2.79 bits per heavy atom. The van der Waals surface area contributed by atoms with Crippen LogP contribution >= 0.6 is 11.3 Å². The molecule has 0 saturated heterocycles. The van der Waals surface area contributed by atoms with E-state index in [2.05, 4.69) is 39.1 Å². The number of urea groups is 1. The largest absolute Gasteiger partial charge is 0.348 e. The third-order valence-electron chi connectivity index (χ3n) is 5.60. The van der Waals surface area contributed by atoms with Crippen LogP contribution < -0.4 is 20.9 Å². The summed E-state index contributed by atoms with van der Waals surface area (Å²) in [5.41, 5.74) is 1.69. The number of carbonyl (C=O) groups excluding carboxylic acids is 3. The molecule has 170 valence electrons. The summed E-state index contributed by atoms with van der Waals surface area (Å²) in [6.07, 6.45) is 9.91. The lowest BCUT2D eigenvalue weighted by atomic mass is 10.1. The molecule has 0 spiro atoms. The number of hydrogen-bond donors (Lipinski definition) is 3. The van der Waals surface area contributed by atoms with Gasteiger partial charge in [-0.1, -0.05) is 19.2 Å². The highest BCUT2D eigenvalue weighted by Crippen LogP contribution is 2.44. The molecule has 3 heterocycles. The molecule has 1 fully saturated rings. The second-order valence-electron chi connectivity index (χ2n) is 7.72. The molecule has 1 saturated carbocycles. The molecular formula is C23H24N6O3S. The van der Waals surface area contributed by atoms with E-state index in [9.17, 15) is 14.4 Å². The lowest BCUT2D eigenvalue weighted by Crippen LogP contribution is -2.48. The summed E-state index contributed by atoms with van der Waals surface area (Å²) in [4.78, 5) is 49.0. The maximum absolute atomic E-state index is 13.2. The van der Waals surface area contributed by atoms with Crippen molar-refractivity contribution in [2.45, 2.75) is 38.3 Å². The van der Waals surface area contributed by atoms with E-state index >= 15 is 0 Å². The number of rotatable bonds is 7. The van der Waals surface area contributed by atoms with Gasteiger partial charge in [-0.3, -0.25) is 19.5 Å². The van der Waals surface area contributed by atoms with Gasteiger partial charge in [-0.05, 0) is 38.3 Å². The average Bonchev–Trinajstić information content (AvgIpc) is 3.39. The third kappa shape index (κ3) is 4.29. The lowest BCUT2D eigenvalue weighted by molar-refractivity contribution is -0.117. The van der Waals surface area contributed by atoms with Crippen LogP contribution in [0.15, 0.2) is 54.5 Å². The minimum Gasteiger partial charge on any atom is -0.348 e. The Kier molecular flexibility index (Phi) is 6.36. The predicted molar refractivity (Wildman–Crippen MR) is 131 cm³/mol. The lowest BCUT2D eigenvalue weighted by Gasteiger charge is -2.28. The Morgan fingerprint density at radius 1 is 1.30 bits per heavy atom. The van der Waals surface area contributed by atoms with E-state index in [-0.39, 0.29) is 29.9 Å². The van der Waals surface area contributed by atoms with E-state index in [1.807, 2.05) is 0 Å². The molecular weight excluding hydrogens is 440 g/mol. The van der Waals surface area contributed by atoms with Crippen molar-refractivity contribution in [3.8, 4) is 0 Å². The summed E-state index contributed by atoms with van der Waals surface area (Å²) in [7, 11) is 0. The molecule has 4 rings (SSSR count). The number of amides is 4. The zero-order valence-electron chi connectivity index (χ0n) is 18.1. The molecule has 2 unspecified atom stereocenters. The van der Waals surface area contributed by atoms with Gasteiger partial charge >= 0.3 is 6.03 Å². The molecule has 2 aromatic rings. The first-order valence-corrected chi connectivity index (χ1v) is 11.3. The fourth-order valence-corrected chi connectivity index (χ4v) is 5.17. The van der Waals surface area contributed by atoms with Crippen LogP contribution in [0.1, 0.15) is 35.9 Å². The molecule has 1 aliphatic carbocycles. The number of thiophene rings is 1. The zero-order valence-corrected chi connectivity index (χ0v) is 18.9. The van der Waals surface area contributed by atoms with Gasteiger partial charge in [0.2, 0.25) is 5.91 Å². The van der Waals surface area contributed by atoms with E-state index in [4.69, 9.17) is 0 Å². The Balaban J connectivity index is 1.66. The summed E-state index contributed by atoms with van der Waals surface area (Å²) in [5.74, 6) is -0.569. The van der Waals surface area contributed by atoms with E-state index in [1.54, 1.807) is 31.5 Å². The quantitative estimate of drug-likeness (QED) is 0.428. The topological polar surface area (TPSA) is 116 Å². The van der Waals surface area contributed by atoms with Gasteiger partial charge in [0.1, 0.15) is 9.71 Å². The first kappa shape index (κ1) is 22.4. The summed E-state index contributed by atoms with van der Waals surface area (Å²) in [5, 5.41) is 9.46. The number of pyridine rings is 1. The summed E-state index contributed by atoms with van der Waals surface area (Å²) >= 11 is 1.22. The monoisotopic (exact) mass is 464 g/mol. The minimum absolute atomic E-state index is 0.159. The van der Waals surface area contributed by atoms with Gasteiger partial charge < -0.3 is 16.0 Å². The van der Waals surface area contributed by atoms with Gasteiger partial charge in [0.25, 0.3) is 5.91 Å². The molecule has 2 aromatic heterocycles. The summed E-state index contributed by atoms with van der Waals surface area (Å²) in [6.45, 7) is 8.84. The third-order valence-corrected chi connectivity index (χ3v) is 6.70. The molecule has 33 heavy (non-hydrogen) atoms. The van der Waals surface area contributed by atoms with E-state index in [0.717, 1.165) is 19.3 Å². The Labute approximate surface area is 195 Å². The number of allylic oxidation sites excluding steroid dienone is 2. The summed E-state index contributed by atoms with van der Waals surface area (Å²) in [6, 6.07) is 0.996. The Hall–Kier alpha value is -3.79. The second-order valence-corrected chi connectivity index (χ2v) is 8.72. The van der Waals surface area contributed by atoms with E-state index in [1.165, 1.54) is 28.5 Å². The first-order chi connectivity index (χ1) is 15.9. The van der Waals surface area contributed by atoms with Crippen molar-refractivity contribution in [1.82, 2.24) is 15.6 Å². The van der Waals surface area contributed by atoms with Crippen LogP contribution in [-0.2, 0) is 4.79 Å². The van der Waals surface area contributed by atoms with Crippen LogP contribution in [0.25, 0.3) is 10.2 Å². The van der Waals surface area contributed by atoms with Crippen molar-refractivity contribution < 1.29 is 14.4 Å². The van der Waals surface area contributed by atoms with Crippen LogP contribution in [0.2, 0.25) is 0 Å². The van der Waals surface area contributed by atoms with Crippen LogP contribution in [0.4, 0.5) is 16.2 Å². The van der Waals surface area contributed by atoms with Crippen molar-refractivity contribution in [1.29, 1.82) is 0 Å². The van der Waals surface area contributed by atoms with Crippen molar-refractivity contribution in [2.24, 2.45) is 4.99 Å². The Morgan fingerprint density at radius 2 is 2.06 bits per heavy atom. The fraction of sp³-hybridized carbons (Fsp3) is 0.261. The SMILES string of the molecule is C=CC=N/C=C(\C)N1C(=O)Nc2c(C(=O)NC3CCCC3NC(=O)C=C)sc3nccc1c23. The predicted octanol–water partition coefficient (Wildman–Crippen LogP) is 3.72. The highest BCUT2D eigenvalue weighted by Gasteiger charge is 2.35. The molecule has 0 aromatic carbocycles. The maximum Gasteiger partial charge on any atom is 0.330 e. The number of nitrogens with zero attached hydrogens (tertiary/aromatic N) is 3. The van der Waals surface area contributed by atoms with Crippen LogP contribution in [0, 0.1) is 0 Å². The highest BCUT2D eigenvalue weighted by atomic mass is 32.1. The number of nitrogens with one attached hydrogen (secondary N) is 3. The standard InChI is InChI=1S/C23H24N6O3S/c1-4-10-24-12-13(3)29-16-9-11-25-22-18(16)19(28-23(29)32)20(33-22)21(31)27-15-8-6-7-14(15)26-17(30)5-2/h4-5,9-12,14-15H,1-2,6-8H2,3H3,(H,26,30)(H,27,31)(H,28,32)/b13-12+,24-10?. The molecule has 0 bridgehead atoms. The zero-order chi connectivity index (χ0) is 23.5. The molecule has 10 heteroatoms. The van der Waals surface area contributed by atoms with E-state index in [0.29, 0.717) is 32.2 Å². The van der Waals surface area contributed by atoms with Crippen molar-refractivity contribution in [2.75, 3.05) is 10.2 Å².